The van der Waals surface area contributed by atoms with Gasteiger partial charge in [0.1, 0.15) is 0 Å². The first-order chi connectivity index (χ1) is 9.70. The highest BCUT2D eigenvalue weighted by atomic mass is 32.2. The monoisotopic (exact) mass is 290 g/mol. The molecule has 5 heteroatoms. The van der Waals surface area contributed by atoms with Crippen LogP contribution in [0.1, 0.15) is 12.5 Å². The zero-order valence-electron chi connectivity index (χ0n) is 11.6. The van der Waals surface area contributed by atoms with Crippen LogP contribution in [0.15, 0.2) is 41.3 Å². The quantitative estimate of drug-likeness (QED) is 0.888. The van der Waals surface area contributed by atoms with E-state index in [0.717, 1.165) is 22.6 Å². The van der Waals surface area contributed by atoms with E-state index in [0.29, 0.717) is 6.54 Å². The molecule has 0 spiro atoms. The number of carbonyl (C=O) groups is 1. The third-order valence-electron chi connectivity index (χ3n) is 2.97. The van der Waals surface area contributed by atoms with E-state index >= 15 is 0 Å². The Bertz CT molecular complexity index is 555. The maximum Gasteiger partial charge on any atom is 0.223 e. The molecule has 20 heavy (non-hydrogen) atoms. The largest absolute Gasteiger partial charge is 0.444 e. The lowest BCUT2D eigenvalue weighted by Gasteiger charge is -2.11. The van der Waals surface area contributed by atoms with Crippen molar-refractivity contribution in [3.63, 3.8) is 0 Å². The molecule has 1 aromatic carbocycles. The van der Waals surface area contributed by atoms with Crippen LogP contribution in [0.5, 0.6) is 0 Å². The average molecular weight is 290 g/mol. The maximum atomic E-state index is 11.9. The smallest absolute Gasteiger partial charge is 0.223 e. The molecule has 1 amide bonds. The number of benzene rings is 1. The van der Waals surface area contributed by atoms with Crippen molar-refractivity contribution in [3.05, 3.63) is 42.4 Å². The summed E-state index contributed by atoms with van der Waals surface area (Å²) >= 11 is 1.68. The van der Waals surface area contributed by atoms with E-state index in [1.807, 2.05) is 37.4 Å². The minimum absolute atomic E-state index is 0.0301. The number of aromatic nitrogens is 1. The topological polar surface area (TPSA) is 55.1 Å². The molecule has 2 rings (SSSR count). The van der Waals surface area contributed by atoms with E-state index in [2.05, 4.69) is 10.3 Å². The van der Waals surface area contributed by atoms with Crippen LogP contribution in [0.25, 0.3) is 11.3 Å². The Kier molecular flexibility index (Phi) is 5.24. The molecule has 4 nitrogen and oxygen atoms in total. The number of oxazole rings is 1. The molecule has 1 heterocycles. The number of nitrogens with zero attached hydrogens (tertiary/aromatic N) is 1. The molecule has 0 bridgehead atoms. The third-order valence-corrected chi connectivity index (χ3v) is 3.81. The molecule has 1 aromatic heterocycles. The van der Waals surface area contributed by atoms with Gasteiger partial charge in [-0.3, -0.25) is 4.79 Å². The molecule has 1 unspecified atom stereocenters. The van der Waals surface area contributed by atoms with Gasteiger partial charge in [-0.15, -0.1) is 0 Å². The number of nitrogens with one attached hydrogen (secondary N) is 1. The molecule has 0 saturated heterocycles. The summed E-state index contributed by atoms with van der Waals surface area (Å²) in [5.41, 5.74) is 2.01. The first-order valence-corrected chi connectivity index (χ1v) is 7.84. The average Bonchev–Trinajstić information content (AvgIpc) is 2.99. The fourth-order valence-electron chi connectivity index (χ4n) is 1.88. The molecule has 0 aliphatic heterocycles. The van der Waals surface area contributed by atoms with Gasteiger partial charge in [-0.2, -0.15) is 11.8 Å². The van der Waals surface area contributed by atoms with Crippen LogP contribution in [0, 0.1) is 5.92 Å². The van der Waals surface area contributed by atoms with Gasteiger partial charge in [0.25, 0.3) is 0 Å². The van der Waals surface area contributed by atoms with Crippen LogP contribution in [0.2, 0.25) is 0 Å². The van der Waals surface area contributed by atoms with Crippen molar-refractivity contribution in [3.8, 4) is 11.3 Å². The van der Waals surface area contributed by atoms with Crippen molar-refractivity contribution in [2.75, 3.05) is 12.0 Å². The fraction of sp³-hybridized carbons (Fsp3) is 0.333. The lowest BCUT2D eigenvalue weighted by molar-refractivity contribution is -0.124. The van der Waals surface area contributed by atoms with Crippen LogP contribution in [0.4, 0.5) is 0 Å². The molecule has 0 fully saturated rings. The highest BCUT2D eigenvalue weighted by Crippen LogP contribution is 2.19. The van der Waals surface area contributed by atoms with Gasteiger partial charge in [-0.05, 0) is 17.9 Å². The Morgan fingerprint density at radius 2 is 2.35 bits per heavy atom. The minimum Gasteiger partial charge on any atom is -0.444 e. The van der Waals surface area contributed by atoms with Crippen LogP contribution in [0.3, 0.4) is 0 Å². The molecule has 2 aromatic rings. The van der Waals surface area contributed by atoms with Crippen molar-refractivity contribution in [2.24, 2.45) is 5.92 Å². The first kappa shape index (κ1) is 14.7. The second-order valence-electron chi connectivity index (χ2n) is 4.64. The highest BCUT2D eigenvalue weighted by molar-refractivity contribution is 7.98. The lowest BCUT2D eigenvalue weighted by atomic mass is 10.1. The summed E-state index contributed by atoms with van der Waals surface area (Å²) in [4.78, 5) is 15.8. The molecule has 1 atom stereocenters. The van der Waals surface area contributed by atoms with E-state index in [4.69, 9.17) is 4.42 Å². The minimum atomic E-state index is 0.0301. The highest BCUT2D eigenvalue weighted by Gasteiger charge is 2.11. The predicted molar refractivity (Wildman–Crippen MR) is 81.3 cm³/mol. The number of carbonyl (C=O) groups excluding carboxylic acids is 1. The van der Waals surface area contributed by atoms with E-state index in [-0.39, 0.29) is 11.8 Å². The zero-order chi connectivity index (χ0) is 14.4. The van der Waals surface area contributed by atoms with Crippen molar-refractivity contribution in [1.29, 1.82) is 0 Å². The standard InChI is InChI=1S/C15H18N2O2S/c1-11(9-20-2)15(18)17-7-12-4-3-5-13(6-12)14-8-16-10-19-14/h3-6,8,10-11H,7,9H2,1-2H3,(H,17,18). The van der Waals surface area contributed by atoms with Gasteiger partial charge >= 0.3 is 0 Å². The summed E-state index contributed by atoms with van der Waals surface area (Å²) in [6, 6.07) is 7.90. The predicted octanol–water partition coefficient (Wildman–Crippen LogP) is 2.96. The SMILES string of the molecule is CSCC(C)C(=O)NCc1cccc(-c2cnco2)c1. The van der Waals surface area contributed by atoms with Gasteiger partial charge in [0.05, 0.1) is 6.20 Å². The van der Waals surface area contributed by atoms with Crippen LogP contribution >= 0.6 is 11.8 Å². The van der Waals surface area contributed by atoms with Crippen LogP contribution in [-0.2, 0) is 11.3 Å². The first-order valence-electron chi connectivity index (χ1n) is 6.45. The van der Waals surface area contributed by atoms with E-state index in [1.54, 1.807) is 18.0 Å². The Balaban J connectivity index is 1.97. The molecule has 1 N–H and O–H groups in total. The Labute approximate surface area is 123 Å². The number of hydrogen-bond acceptors (Lipinski definition) is 4. The van der Waals surface area contributed by atoms with E-state index < -0.39 is 0 Å². The van der Waals surface area contributed by atoms with Crippen LogP contribution < -0.4 is 5.32 Å². The Morgan fingerprint density at radius 1 is 1.50 bits per heavy atom. The normalized spacial score (nSPS) is 12.1. The third kappa shape index (κ3) is 3.87. The summed E-state index contributed by atoms with van der Waals surface area (Å²) in [6.45, 7) is 2.47. The summed E-state index contributed by atoms with van der Waals surface area (Å²) in [5.74, 6) is 1.69. The zero-order valence-corrected chi connectivity index (χ0v) is 12.4. The molecular formula is C15H18N2O2S. The van der Waals surface area contributed by atoms with Gasteiger partial charge in [-0.1, -0.05) is 25.1 Å². The van der Waals surface area contributed by atoms with Gasteiger partial charge in [0.2, 0.25) is 5.91 Å². The molecule has 0 aliphatic rings. The van der Waals surface area contributed by atoms with E-state index in [1.165, 1.54) is 6.39 Å². The maximum absolute atomic E-state index is 11.9. The summed E-state index contributed by atoms with van der Waals surface area (Å²) < 4.78 is 5.27. The van der Waals surface area contributed by atoms with Crippen molar-refractivity contribution in [1.82, 2.24) is 10.3 Å². The second kappa shape index (κ2) is 7.14. The lowest BCUT2D eigenvalue weighted by Crippen LogP contribution is -2.29. The van der Waals surface area contributed by atoms with Gasteiger partial charge in [0, 0.05) is 23.8 Å². The Morgan fingerprint density at radius 3 is 3.05 bits per heavy atom. The molecule has 0 aliphatic carbocycles. The summed E-state index contributed by atoms with van der Waals surface area (Å²) in [5, 5.41) is 2.96. The molecule has 106 valence electrons. The van der Waals surface area contributed by atoms with Crippen molar-refractivity contribution < 1.29 is 9.21 Å². The summed E-state index contributed by atoms with van der Waals surface area (Å²) in [6.07, 6.45) is 5.09. The number of thioether (sulfide) groups is 1. The molecule has 0 saturated carbocycles. The van der Waals surface area contributed by atoms with E-state index in [9.17, 15) is 4.79 Å². The second-order valence-corrected chi connectivity index (χ2v) is 5.55. The Hall–Kier alpha value is -1.75. The number of rotatable bonds is 6. The van der Waals surface area contributed by atoms with Crippen molar-refractivity contribution >= 4 is 17.7 Å². The number of amides is 1. The van der Waals surface area contributed by atoms with Crippen LogP contribution in [-0.4, -0.2) is 22.9 Å². The summed E-state index contributed by atoms with van der Waals surface area (Å²) in [7, 11) is 0. The number of hydrogen-bond donors (Lipinski definition) is 1. The van der Waals surface area contributed by atoms with Gasteiger partial charge in [0.15, 0.2) is 12.2 Å². The van der Waals surface area contributed by atoms with Crippen molar-refractivity contribution in [2.45, 2.75) is 13.5 Å². The fourth-order valence-corrected chi connectivity index (χ4v) is 2.53. The molecular weight excluding hydrogens is 272 g/mol. The van der Waals surface area contributed by atoms with Gasteiger partial charge in [-0.25, -0.2) is 4.98 Å². The van der Waals surface area contributed by atoms with Gasteiger partial charge < -0.3 is 9.73 Å². The molecule has 0 radical (unpaired) electrons.